The molecule has 6 heteroatoms. The highest BCUT2D eigenvalue weighted by Crippen LogP contribution is 2.60. The van der Waals surface area contributed by atoms with Gasteiger partial charge in [0.05, 0.1) is 23.5 Å². The lowest BCUT2D eigenvalue weighted by Crippen LogP contribution is -2.50. The van der Waals surface area contributed by atoms with Crippen LogP contribution in [0, 0.1) is 23.0 Å². The van der Waals surface area contributed by atoms with Crippen molar-refractivity contribution in [3.8, 4) is 0 Å². The van der Waals surface area contributed by atoms with Crippen molar-refractivity contribution in [2.24, 2.45) is 16.4 Å². The third kappa shape index (κ3) is 3.28. The second kappa shape index (κ2) is 7.52. The Hall–Kier alpha value is -2.60. The first kappa shape index (κ1) is 20.3. The quantitative estimate of drug-likeness (QED) is 0.686. The van der Waals surface area contributed by atoms with Crippen LogP contribution in [-0.4, -0.2) is 27.9 Å². The van der Waals surface area contributed by atoms with Crippen molar-refractivity contribution in [1.29, 1.82) is 0 Å². The van der Waals surface area contributed by atoms with Gasteiger partial charge in [-0.25, -0.2) is 8.78 Å². The smallest absolute Gasteiger partial charge is 0.141 e. The van der Waals surface area contributed by atoms with Crippen molar-refractivity contribution < 1.29 is 13.9 Å². The second-order valence-corrected chi connectivity index (χ2v) is 9.11. The summed E-state index contributed by atoms with van der Waals surface area (Å²) in [5, 5.41) is 18.4. The number of anilines is 1. The average molecular weight is 424 g/mol. The van der Waals surface area contributed by atoms with E-state index in [4.69, 9.17) is 0 Å². The van der Waals surface area contributed by atoms with E-state index in [1.54, 1.807) is 18.3 Å². The first-order chi connectivity index (χ1) is 14.9. The number of hydrogen-bond donors (Lipinski definition) is 1. The highest BCUT2D eigenvalue weighted by Gasteiger charge is 2.58. The van der Waals surface area contributed by atoms with E-state index >= 15 is 0 Å². The molecule has 1 saturated carbocycles. The fourth-order valence-electron chi connectivity index (χ4n) is 6.00. The normalized spacial score (nSPS) is 31.5. The number of hydrazone groups is 1. The number of rotatable bonds is 5. The summed E-state index contributed by atoms with van der Waals surface area (Å²) in [5.74, 6) is -0.413. The first-order valence-electron chi connectivity index (χ1n) is 11.1. The van der Waals surface area contributed by atoms with Gasteiger partial charge in [0.1, 0.15) is 11.6 Å². The predicted octanol–water partition coefficient (Wildman–Crippen LogP) is 5.03. The molecule has 0 bridgehead atoms. The van der Waals surface area contributed by atoms with Gasteiger partial charge in [-0.2, -0.15) is 5.10 Å². The van der Waals surface area contributed by atoms with Crippen molar-refractivity contribution >= 4 is 11.9 Å². The molecule has 162 valence electrons. The number of benzene rings is 1. The number of halogens is 2. The maximum atomic E-state index is 13.5. The zero-order valence-electron chi connectivity index (χ0n) is 17.6. The van der Waals surface area contributed by atoms with Gasteiger partial charge in [0.25, 0.3) is 0 Å². The maximum absolute atomic E-state index is 13.5. The predicted molar refractivity (Wildman–Crippen MR) is 117 cm³/mol. The summed E-state index contributed by atoms with van der Waals surface area (Å²) in [4.78, 5) is 3.94. The Bertz CT molecular complexity index is 1040. The molecule has 2 aromatic rings. The number of aryl methyl sites for hydroxylation is 1. The molecule has 4 nitrogen and oxygen atoms in total. The van der Waals surface area contributed by atoms with Crippen molar-refractivity contribution in [3.05, 3.63) is 71.6 Å². The van der Waals surface area contributed by atoms with Crippen LogP contribution >= 0.6 is 0 Å². The third-order valence-electron chi connectivity index (χ3n) is 7.66. The lowest BCUT2D eigenvalue weighted by atomic mass is 9.60. The molecule has 4 atom stereocenters. The van der Waals surface area contributed by atoms with Gasteiger partial charge in [0.15, 0.2) is 0 Å². The van der Waals surface area contributed by atoms with Crippen LogP contribution in [0.15, 0.2) is 59.5 Å². The van der Waals surface area contributed by atoms with E-state index in [1.165, 1.54) is 30.0 Å². The zero-order valence-corrected chi connectivity index (χ0v) is 17.6. The van der Waals surface area contributed by atoms with Crippen molar-refractivity contribution in [3.63, 3.8) is 0 Å². The fraction of sp³-hybridized carbons (Fsp3) is 0.440. The van der Waals surface area contributed by atoms with Crippen LogP contribution in [-0.2, 0) is 6.42 Å². The topological polar surface area (TPSA) is 48.7 Å². The molecule has 0 saturated heterocycles. The van der Waals surface area contributed by atoms with Crippen molar-refractivity contribution in [2.75, 3.05) is 5.01 Å². The summed E-state index contributed by atoms with van der Waals surface area (Å²) >= 11 is 0. The average Bonchev–Trinajstić information content (AvgIpc) is 3.30. The second-order valence-electron chi connectivity index (χ2n) is 9.11. The van der Waals surface area contributed by atoms with Crippen LogP contribution in [0.5, 0.6) is 0 Å². The van der Waals surface area contributed by atoms with E-state index in [-0.39, 0.29) is 29.0 Å². The molecule has 2 aliphatic carbocycles. The van der Waals surface area contributed by atoms with E-state index in [1.807, 2.05) is 11.2 Å². The lowest BCUT2D eigenvalue weighted by molar-refractivity contribution is -0.0666. The fourth-order valence-corrected chi connectivity index (χ4v) is 6.00. The summed E-state index contributed by atoms with van der Waals surface area (Å²) in [6, 6.07) is 8.03. The third-order valence-corrected chi connectivity index (χ3v) is 7.66. The van der Waals surface area contributed by atoms with Gasteiger partial charge in [0.2, 0.25) is 0 Å². The minimum Gasteiger partial charge on any atom is -0.389 e. The zero-order chi connectivity index (χ0) is 21.6. The molecule has 2 unspecified atom stereocenters. The molecular weight excluding hydrogens is 396 g/mol. The monoisotopic (exact) mass is 423 g/mol. The number of fused-ring (bicyclic) bond motifs is 2. The van der Waals surface area contributed by atoms with Crippen LogP contribution in [0.1, 0.15) is 44.6 Å². The molecule has 31 heavy (non-hydrogen) atoms. The molecule has 1 aromatic heterocycles. The van der Waals surface area contributed by atoms with Gasteiger partial charge in [0, 0.05) is 23.7 Å². The minimum atomic E-state index is -0.831. The molecule has 3 aliphatic rings. The Morgan fingerprint density at radius 2 is 1.97 bits per heavy atom. The van der Waals surface area contributed by atoms with Gasteiger partial charge < -0.3 is 5.11 Å². The molecule has 1 aliphatic heterocycles. The molecule has 0 spiro atoms. The van der Waals surface area contributed by atoms with Crippen LogP contribution in [0.3, 0.4) is 0 Å². The number of nitrogens with zero attached hydrogens (tertiary/aromatic N) is 3. The Balaban J connectivity index is 1.42. The van der Waals surface area contributed by atoms with Crippen molar-refractivity contribution in [2.45, 2.75) is 57.1 Å². The summed E-state index contributed by atoms with van der Waals surface area (Å²) in [6.07, 6.45) is 11.6. The van der Waals surface area contributed by atoms with Crippen LogP contribution in [0.2, 0.25) is 0 Å². The van der Waals surface area contributed by atoms with Gasteiger partial charge in [-0.1, -0.05) is 18.6 Å². The summed E-state index contributed by atoms with van der Waals surface area (Å²) < 4.78 is 26.9. The maximum Gasteiger partial charge on any atom is 0.141 e. The van der Waals surface area contributed by atoms with E-state index in [0.29, 0.717) is 19.3 Å². The molecular formula is C25H27F2N3O. The number of pyridine rings is 1. The molecule has 0 amide bonds. The Morgan fingerprint density at radius 3 is 2.71 bits per heavy atom. The Morgan fingerprint density at radius 1 is 1.16 bits per heavy atom. The van der Waals surface area contributed by atoms with Gasteiger partial charge in [-0.15, -0.1) is 0 Å². The van der Waals surface area contributed by atoms with E-state index < -0.39 is 5.60 Å². The van der Waals surface area contributed by atoms with Crippen LogP contribution < -0.4 is 5.01 Å². The van der Waals surface area contributed by atoms with Gasteiger partial charge >= 0.3 is 0 Å². The highest BCUT2D eigenvalue weighted by atomic mass is 19.1. The van der Waals surface area contributed by atoms with E-state index in [0.717, 1.165) is 30.5 Å². The minimum absolute atomic E-state index is 0.0925. The number of hydrogen-bond acceptors (Lipinski definition) is 4. The lowest BCUT2D eigenvalue weighted by Gasteiger charge is -2.48. The molecule has 1 N–H and O–H groups in total. The molecule has 1 aromatic carbocycles. The SMILES string of the molecule is CC[C@]12CC3C=NN(c4ccc(F)cc4)C3C=C1CC[C@@]2(O)CCc1cncc(F)c1. The Labute approximate surface area is 181 Å². The summed E-state index contributed by atoms with van der Waals surface area (Å²) in [5.41, 5.74) is 1.86. The van der Waals surface area contributed by atoms with Crippen molar-refractivity contribution in [1.82, 2.24) is 4.98 Å². The summed E-state index contributed by atoms with van der Waals surface area (Å²) in [7, 11) is 0. The standard InChI is InChI=1S/C25H27F2N3O/c1-2-24-13-18-15-29-30(22-5-3-20(26)4-6-22)23(18)12-19(24)8-10-25(24,31)9-7-17-11-21(27)16-28-14-17/h3-6,11-12,14-16,18,23,31H,2,7-10,13H2,1H3/t18?,23?,24-,25-/m0/s1. The molecule has 5 rings (SSSR count). The first-order valence-corrected chi connectivity index (χ1v) is 11.1. The van der Waals surface area contributed by atoms with Crippen LogP contribution in [0.4, 0.5) is 14.5 Å². The van der Waals surface area contributed by atoms with Gasteiger partial charge in [-0.3, -0.25) is 9.99 Å². The molecule has 1 fully saturated rings. The molecule has 0 radical (unpaired) electrons. The van der Waals surface area contributed by atoms with Crippen LogP contribution in [0.25, 0.3) is 0 Å². The molecule has 2 heterocycles. The Kier molecular flexibility index (Phi) is 4.93. The van der Waals surface area contributed by atoms with E-state index in [9.17, 15) is 13.9 Å². The van der Waals surface area contributed by atoms with Gasteiger partial charge in [-0.05, 0) is 74.4 Å². The van der Waals surface area contributed by atoms with E-state index in [2.05, 4.69) is 23.1 Å². The highest BCUT2D eigenvalue weighted by molar-refractivity contribution is 5.72. The number of aromatic nitrogens is 1. The largest absolute Gasteiger partial charge is 0.389 e. The number of aliphatic hydroxyl groups is 1. The summed E-state index contributed by atoms with van der Waals surface area (Å²) in [6.45, 7) is 2.15.